The molecule has 0 bridgehead atoms. The maximum Gasteiger partial charge on any atom is 0.298 e. The fourth-order valence-corrected chi connectivity index (χ4v) is 3.65. The summed E-state index contributed by atoms with van der Waals surface area (Å²) in [5.41, 5.74) is 2.71. The second kappa shape index (κ2) is 11.1. The summed E-state index contributed by atoms with van der Waals surface area (Å²) >= 11 is 0. The van der Waals surface area contributed by atoms with Gasteiger partial charge in [0, 0.05) is 5.56 Å². The lowest BCUT2D eigenvalue weighted by Crippen LogP contribution is -2.00. The van der Waals surface area contributed by atoms with Gasteiger partial charge in [-0.15, -0.1) is 0 Å². The summed E-state index contributed by atoms with van der Waals surface area (Å²) in [5, 5.41) is 0. The van der Waals surface area contributed by atoms with Crippen LogP contribution in [0.25, 0.3) is 34.4 Å². The van der Waals surface area contributed by atoms with E-state index in [1.165, 1.54) is 36.4 Å². The Morgan fingerprint density at radius 1 is 0.639 bits per heavy atom. The summed E-state index contributed by atoms with van der Waals surface area (Å²) < 4.78 is 44.9. The van der Waals surface area contributed by atoms with Crippen LogP contribution < -0.4 is 14.2 Å². The number of methoxy groups -OCH3 is 1. The van der Waals surface area contributed by atoms with E-state index in [-0.39, 0.29) is 35.6 Å². The van der Waals surface area contributed by atoms with E-state index in [0.717, 1.165) is 22.4 Å². The van der Waals surface area contributed by atoms with Crippen molar-refractivity contribution in [3.8, 4) is 39.5 Å². The lowest BCUT2D eigenvalue weighted by Gasteiger charge is -2.11. The molecule has 0 radical (unpaired) electrons. The smallest absolute Gasteiger partial charge is 0.298 e. The van der Waals surface area contributed by atoms with E-state index >= 15 is 4.39 Å². The summed E-state index contributed by atoms with van der Waals surface area (Å²) in [6, 6.07) is 22.1. The Labute approximate surface area is 206 Å². The van der Waals surface area contributed by atoms with Crippen LogP contribution in [-0.4, -0.2) is 20.1 Å². The normalized spacial score (nSPS) is 10.8. The number of carbonyl (C=O) groups excluding carboxylic acids is 2. The lowest BCUT2D eigenvalue weighted by atomic mass is 10.00. The molecule has 0 unspecified atom stereocenters. The van der Waals surface area contributed by atoms with Gasteiger partial charge in [-0.25, -0.2) is 8.78 Å². The average molecular weight is 486 g/mol. The number of benzene rings is 4. The van der Waals surface area contributed by atoms with E-state index in [1.54, 1.807) is 13.2 Å². The van der Waals surface area contributed by atoms with Gasteiger partial charge >= 0.3 is 0 Å². The third-order valence-corrected chi connectivity index (χ3v) is 5.51. The minimum Gasteiger partial charge on any atom is -0.497 e. The van der Waals surface area contributed by atoms with Gasteiger partial charge in [0.1, 0.15) is 17.2 Å². The Morgan fingerprint density at radius 2 is 1.19 bits per heavy atom. The largest absolute Gasteiger partial charge is 0.497 e. The number of hydrogen-bond donors (Lipinski definition) is 0. The molecule has 36 heavy (non-hydrogen) atoms. The molecule has 0 saturated heterocycles. The molecule has 180 valence electrons. The van der Waals surface area contributed by atoms with E-state index in [0.29, 0.717) is 5.56 Å². The molecule has 5 nitrogen and oxygen atoms in total. The van der Waals surface area contributed by atoms with Crippen molar-refractivity contribution in [3.05, 3.63) is 102 Å². The van der Waals surface area contributed by atoms with E-state index in [2.05, 4.69) is 0 Å². The highest BCUT2D eigenvalue weighted by Crippen LogP contribution is 2.35. The number of ether oxygens (including phenoxy) is 3. The van der Waals surface area contributed by atoms with Crippen LogP contribution in [-0.2, 0) is 9.59 Å². The highest BCUT2D eigenvalue weighted by atomic mass is 19.2. The number of hydrogen-bond acceptors (Lipinski definition) is 5. The molecular formula is C29H20F2O5. The van der Waals surface area contributed by atoms with Gasteiger partial charge < -0.3 is 14.2 Å². The molecule has 0 aliphatic rings. The molecule has 7 heteroatoms. The SMILES string of the molecule is COc1ccc(-c2ccc(/C=C/c3c(OC=O)cc(-c4ccc(OC=O)cc4)c(F)c3F)cc2)cc1. The maximum absolute atomic E-state index is 15.1. The van der Waals surface area contributed by atoms with E-state index in [9.17, 15) is 14.0 Å². The zero-order chi connectivity index (χ0) is 25.5. The van der Waals surface area contributed by atoms with Gasteiger partial charge in [-0.2, -0.15) is 0 Å². The van der Waals surface area contributed by atoms with Crippen LogP contribution in [0.5, 0.6) is 17.2 Å². The van der Waals surface area contributed by atoms with Crippen LogP contribution in [0, 0.1) is 11.6 Å². The molecule has 4 aromatic carbocycles. The Kier molecular flexibility index (Phi) is 7.51. The predicted octanol–water partition coefficient (Wildman–Crippen LogP) is 6.55. The Hall–Kier alpha value is -4.78. The Morgan fingerprint density at radius 3 is 1.78 bits per heavy atom. The molecule has 0 N–H and O–H groups in total. The van der Waals surface area contributed by atoms with Crippen LogP contribution in [0.4, 0.5) is 8.78 Å². The highest BCUT2D eigenvalue weighted by molar-refractivity contribution is 5.78. The van der Waals surface area contributed by atoms with Crippen molar-refractivity contribution in [1.82, 2.24) is 0 Å². The lowest BCUT2D eigenvalue weighted by molar-refractivity contribution is -0.121. The molecule has 0 aliphatic carbocycles. The molecule has 0 spiro atoms. The predicted molar refractivity (Wildman–Crippen MR) is 133 cm³/mol. The number of halogens is 2. The van der Waals surface area contributed by atoms with Crippen molar-refractivity contribution in [2.45, 2.75) is 0 Å². The average Bonchev–Trinajstić information content (AvgIpc) is 2.92. The number of carbonyl (C=O) groups is 2. The fourth-order valence-electron chi connectivity index (χ4n) is 3.65. The van der Waals surface area contributed by atoms with Crippen molar-refractivity contribution < 1.29 is 32.6 Å². The first-order chi connectivity index (χ1) is 17.5. The summed E-state index contributed by atoms with van der Waals surface area (Å²) in [6.45, 7) is 0.414. The monoisotopic (exact) mass is 486 g/mol. The first kappa shape index (κ1) is 24.3. The van der Waals surface area contributed by atoms with Crippen LogP contribution in [0.3, 0.4) is 0 Å². The molecule has 0 amide bonds. The highest BCUT2D eigenvalue weighted by Gasteiger charge is 2.19. The van der Waals surface area contributed by atoms with Crippen molar-refractivity contribution in [1.29, 1.82) is 0 Å². The van der Waals surface area contributed by atoms with Gasteiger partial charge in [0.15, 0.2) is 11.6 Å². The molecule has 0 fully saturated rings. The zero-order valence-corrected chi connectivity index (χ0v) is 19.1. The summed E-state index contributed by atoms with van der Waals surface area (Å²) in [4.78, 5) is 21.5. The third-order valence-electron chi connectivity index (χ3n) is 5.51. The Balaban J connectivity index is 1.63. The second-order valence-corrected chi connectivity index (χ2v) is 7.60. The Bertz CT molecular complexity index is 1390. The van der Waals surface area contributed by atoms with Gasteiger partial charge in [0.05, 0.1) is 12.7 Å². The molecule has 0 aromatic heterocycles. The summed E-state index contributed by atoms with van der Waals surface area (Å²) in [6.07, 6.45) is 2.95. The summed E-state index contributed by atoms with van der Waals surface area (Å²) in [5.74, 6) is -1.40. The minimum absolute atomic E-state index is 0.108. The van der Waals surface area contributed by atoms with Crippen LogP contribution in [0.2, 0.25) is 0 Å². The first-order valence-corrected chi connectivity index (χ1v) is 10.8. The van der Waals surface area contributed by atoms with E-state index in [1.807, 2.05) is 48.5 Å². The van der Waals surface area contributed by atoms with E-state index in [4.69, 9.17) is 14.2 Å². The standard InChI is InChI=1S/C29H20F2O5/c1-34-23-11-7-21(8-12-23)20-5-2-19(3-6-20)4-15-25-27(36-18-33)16-26(29(31)28(25)30)22-9-13-24(14-10-22)35-17-32/h2-18H,1H3/b15-4+. The van der Waals surface area contributed by atoms with Crippen molar-refractivity contribution >= 4 is 25.1 Å². The van der Waals surface area contributed by atoms with Gasteiger partial charge in [-0.1, -0.05) is 54.6 Å². The van der Waals surface area contributed by atoms with Crippen molar-refractivity contribution in [3.63, 3.8) is 0 Å². The first-order valence-electron chi connectivity index (χ1n) is 10.8. The van der Waals surface area contributed by atoms with E-state index < -0.39 is 11.6 Å². The van der Waals surface area contributed by atoms with Gasteiger partial charge in [0.25, 0.3) is 12.9 Å². The van der Waals surface area contributed by atoms with Gasteiger partial charge in [-0.3, -0.25) is 9.59 Å². The van der Waals surface area contributed by atoms with Crippen molar-refractivity contribution in [2.24, 2.45) is 0 Å². The number of rotatable bonds is 9. The molecular weight excluding hydrogens is 466 g/mol. The topological polar surface area (TPSA) is 61.8 Å². The third kappa shape index (κ3) is 5.31. The fraction of sp³-hybridized carbons (Fsp3) is 0.0345. The maximum atomic E-state index is 15.1. The molecule has 0 aliphatic heterocycles. The van der Waals surface area contributed by atoms with Crippen molar-refractivity contribution in [2.75, 3.05) is 7.11 Å². The zero-order valence-electron chi connectivity index (χ0n) is 19.1. The molecule has 4 rings (SSSR count). The molecule has 0 atom stereocenters. The molecule has 0 heterocycles. The van der Waals surface area contributed by atoms with Gasteiger partial charge in [0.2, 0.25) is 0 Å². The minimum atomic E-state index is -1.16. The second-order valence-electron chi connectivity index (χ2n) is 7.60. The van der Waals surface area contributed by atoms with Crippen LogP contribution >= 0.6 is 0 Å². The molecule has 0 saturated carbocycles. The van der Waals surface area contributed by atoms with Crippen LogP contribution in [0.1, 0.15) is 11.1 Å². The van der Waals surface area contributed by atoms with Crippen LogP contribution in [0.15, 0.2) is 78.9 Å². The van der Waals surface area contributed by atoms with Gasteiger partial charge in [-0.05, 0) is 58.7 Å². The summed E-state index contributed by atoms with van der Waals surface area (Å²) in [7, 11) is 1.60. The molecule has 4 aromatic rings. The quantitative estimate of drug-likeness (QED) is 0.198.